The predicted molar refractivity (Wildman–Crippen MR) is 24.8 cm³/mol. The Balaban J connectivity index is 0.000000640. The maximum Gasteiger partial charge on any atom is 1.00 e. The predicted octanol–water partition coefficient (Wildman–Crippen LogP) is -5.74. The van der Waals surface area contributed by atoms with Gasteiger partial charge in [0.1, 0.15) is 0 Å². The molecule has 1 aliphatic rings. The average molecular weight is 122 g/mol. The molecule has 0 radical (unpaired) electrons. The van der Waals surface area contributed by atoms with Crippen molar-refractivity contribution >= 4 is 5.97 Å². The smallest absolute Gasteiger partial charge is 0.547 e. The zero-order valence-corrected chi connectivity index (χ0v) is 5.31. The van der Waals surface area contributed by atoms with Crippen LogP contribution in [0.25, 0.3) is 0 Å². The van der Waals surface area contributed by atoms with Crippen LogP contribution < -0.4 is 34.6 Å². The van der Waals surface area contributed by atoms with Gasteiger partial charge in [0.25, 0.3) is 0 Å². The van der Waals surface area contributed by atoms with Gasteiger partial charge in [-0.25, -0.2) is 0 Å². The number of carboxylic acid groups (broad SMARTS) is 1. The van der Waals surface area contributed by atoms with E-state index >= 15 is 0 Å². The fourth-order valence-corrected chi connectivity index (χ4v) is 0.672. The fourth-order valence-electron chi connectivity index (χ4n) is 0.672. The molecule has 0 unspecified atom stereocenters. The molecule has 9 heavy (non-hydrogen) atoms. The molecule has 46 valence electrons. The second-order valence-corrected chi connectivity index (χ2v) is 1.66. The quantitative estimate of drug-likeness (QED) is 0.340. The molecule has 5 heteroatoms. The summed E-state index contributed by atoms with van der Waals surface area (Å²) in [6.45, 7) is 1.41. The molecule has 0 atom stereocenters. The molecule has 0 aromatic rings. The molecule has 0 amide bonds. The van der Waals surface area contributed by atoms with E-state index in [1.54, 1.807) is 0 Å². The summed E-state index contributed by atoms with van der Waals surface area (Å²) in [6, 6.07) is 0. The summed E-state index contributed by atoms with van der Waals surface area (Å²) in [5, 5.41) is 15.3. The minimum atomic E-state index is -1.08. The molecular weight excluding hydrogens is 115 g/mol. The number of carboxylic acids is 1. The van der Waals surface area contributed by atoms with Crippen molar-refractivity contribution in [2.75, 3.05) is 13.1 Å². The Hall–Kier alpha value is -0.0126. The first kappa shape index (κ1) is 8.99. The van der Waals surface area contributed by atoms with Crippen LogP contribution >= 0.6 is 0 Å². The van der Waals surface area contributed by atoms with Crippen LogP contribution in [0.5, 0.6) is 0 Å². The van der Waals surface area contributed by atoms with Crippen LogP contribution in [-0.2, 0) is 4.79 Å². The zero-order chi connectivity index (χ0) is 5.98. The summed E-state index contributed by atoms with van der Waals surface area (Å²) in [5.41, 5.74) is 0. The number of carbonyl (C=O) groups is 1. The van der Waals surface area contributed by atoms with E-state index in [0.717, 1.165) is 0 Å². The number of hydrogen-bond donors (Lipinski definition) is 2. The van der Waals surface area contributed by atoms with Crippen LogP contribution in [0.2, 0.25) is 0 Å². The van der Waals surface area contributed by atoms with Crippen molar-refractivity contribution in [1.82, 2.24) is 10.6 Å². The molecule has 0 spiro atoms. The molecule has 0 aliphatic carbocycles. The molecule has 0 aromatic heterocycles. The van der Waals surface area contributed by atoms with Crippen molar-refractivity contribution in [2.24, 2.45) is 0 Å². The molecule has 1 saturated heterocycles. The van der Waals surface area contributed by atoms with Gasteiger partial charge in [-0.15, -0.1) is 0 Å². The van der Waals surface area contributed by atoms with E-state index in [2.05, 4.69) is 10.6 Å². The fraction of sp³-hybridized carbons (Fsp3) is 0.750. The topological polar surface area (TPSA) is 64.2 Å². The van der Waals surface area contributed by atoms with Crippen LogP contribution in [0.1, 0.15) is 0 Å². The van der Waals surface area contributed by atoms with Gasteiger partial charge in [-0.3, -0.25) is 10.6 Å². The Bertz CT molecular complexity index is 103. The van der Waals surface area contributed by atoms with Gasteiger partial charge in [0.2, 0.25) is 0 Å². The molecule has 0 saturated carbocycles. The third-order valence-electron chi connectivity index (χ3n) is 1.06. The standard InChI is InChI=1S/C4H8N2O2.Li/c7-4(8)3-5-1-2-6-3;/h3,5-6H,1-2H2,(H,7,8);/q;+1/p-1. The van der Waals surface area contributed by atoms with Gasteiger partial charge in [0.05, 0.1) is 12.1 Å². The van der Waals surface area contributed by atoms with Crippen molar-refractivity contribution in [3.05, 3.63) is 0 Å². The van der Waals surface area contributed by atoms with Crippen LogP contribution in [0.3, 0.4) is 0 Å². The summed E-state index contributed by atoms with van der Waals surface area (Å²) in [6.07, 6.45) is -0.630. The maximum atomic E-state index is 9.97. The molecule has 0 bridgehead atoms. The molecule has 2 N–H and O–H groups in total. The molecule has 1 aliphatic heterocycles. The van der Waals surface area contributed by atoms with E-state index in [9.17, 15) is 9.90 Å². The molecule has 0 aromatic carbocycles. The Kier molecular flexibility index (Phi) is 3.90. The van der Waals surface area contributed by atoms with E-state index in [-0.39, 0.29) is 18.9 Å². The molecule has 1 rings (SSSR count). The Morgan fingerprint density at radius 3 is 2.11 bits per heavy atom. The van der Waals surface area contributed by atoms with Crippen LogP contribution in [-0.4, -0.2) is 25.2 Å². The minimum Gasteiger partial charge on any atom is -0.547 e. The van der Waals surface area contributed by atoms with Gasteiger partial charge in [-0.1, -0.05) is 0 Å². The van der Waals surface area contributed by atoms with E-state index in [0.29, 0.717) is 13.1 Å². The Morgan fingerprint density at radius 2 is 1.89 bits per heavy atom. The van der Waals surface area contributed by atoms with Crippen molar-refractivity contribution in [3.8, 4) is 0 Å². The van der Waals surface area contributed by atoms with E-state index in [4.69, 9.17) is 0 Å². The second-order valence-electron chi connectivity index (χ2n) is 1.66. The molecule has 1 fully saturated rings. The SMILES string of the molecule is O=C([O-])C1NCCN1.[Li+]. The largest absolute Gasteiger partial charge is 1.00 e. The number of aliphatic carboxylic acids is 1. The third kappa shape index (κ3) is 2.37. The zero-order valence-electron chi connectivity index (χ0n) is 5.31. The summed E-state index contributed by atoms with van der Waals surface area (Å²) in [7, 11) is 0. The maximum absolute atomic E-state index is 9.97. The summed E-state index contributed by atoms with van der Waals surface area (Å²) >= 11 is 0. The third-order valence-corrected chi connectivity index (χ3v) is 1.06. The average Bonchev–Trinajstić information content (AvgIpc) is 2.12. The second kappa shape index (κ2) is 3.91. The van der Waals surface area contributed by atoms with Crippen LogP contribution in [0.15, 0.2) is 0 Å². The van der Waals surface area contributed by atoms with Crippen LogP contribution in [0, 0.1) is 0 Å². The number of carbonyl (C=O) groups excluding carboxylic acids is 1. The van der Waals surface area contributed by atoms with E-state index in [1.165, 1.54) is 0 Å². The van der Waals surface area contributed by atoms with Crippen molar-refractivity contribution < 1.29 is 28.8 Å². The Morgan fingerprint density at radius 1 is 1.44 bits per heavy atom. The summed E-state index contributed by atoms with van der Waals surface area (Å²) < 4.78 is 0. The van der Waals surface area contributed by atoms with E-state index in [1.807, 2.05) is 0 Å². The normalized spacial score (nSPS) is 19.1. The number of nitrogens with one attached hydrogen (secondary N) is 2. The monoisotopic (exact) mass is 122 g/mol. The van der Waals surface area contributed by atoms with Gasteiger partial charge in [0.15, 0.2) is 0 Å². The van der Waals surface area contributed by atoms with Gasteiger partial charge < -0.3 is 9.90 Å². The van der Waals surface area contributed by atoms with Crippen molar-refractivity contribution in [2.45, 2.75) is 6.17 Å². The summed E-state index contributed by atoms with van der Waals surface area (Å²) in [5.74, 6) is -1.08. The summed E-state index contributed by atoms with van der Waals surface area (Å²) in [4.78, 5) is 9.97. The van der Waals surface area contributed by atoms with Crippen LogP contribution in [0.4, 0.5) is 0 Å². The van der Waals surface area contributed by atoms with Gasteiger partial charge >= 0.3 is 18.9 Å². The van der Waals surface area contributed by atoms with Gasteiger partial charge in [0, 0.05) is 13.1 Å². The van der Waals surface area contributed by atoms with Crippen molar-refractivity contribution in [1.29, 1.82) is 0 Å². The molecule has 1 heterocycles. The van der Waals surface area contributed by atoms with Crippen molar-refractivity contribution in [3.63, 3.8) is 0 Å². The van der Waals surface area contributed by atoms with Gasteiger partial charge in [-0.05, 0) is 0 Å². The number of hydrogen-bond acceptors (Lipinski definition) is 4. The van der Waals surface area contributed by atoms with Gasteiger partial charge in [-0.2, -0.15) is 0 Å². The molecule has 4 nitrogen and oxygen atoms in total. The number of rotatable bonds is 1. The first-order valence-corrected chi connectivity index (χ1v) is 2.48. The first-order valence-electron chi connectivity index (χ1n) is 2.48. The Labute approximate surface area is 65.2 Å². The minimum absolute atomic E-state index is 0. The first-order chi connectivity index (χ1) is 3.80. The molecular formula is C4H7LiN2O2. The van der Waals surface area contributed by atoms with E-state index < -0.39 is 12.1 Å².